The molecule has 2 aromatic rings. The van der Waals surface area contributed by atoms with Gasteiger partial charge in [-0.2, -0.15) is 0 Å². The number of likely N-dealkylation sites (N-methyl/N-ethyl adjacent to an activating group) is 1. The summed E-state index contributed by atoms with van der Waals surface area (Å²) in [5.74, 6) is 0.438. The molecule has 1 fully saturated rings. The Hall–Kier alpha value is -2.82. The van der Waals surface area contributed by atoms with Crippen molar-refractivity contribution in [1.29, 1.82) is 0 Å². The smallest absolute Gasteiger partial charge is 0.259 e. The number of hydrogen-bond donors (Lipinski definition) is 1. The summed E-state index contributed by atoms with van der Waals surface area (Å²) in [5.41, 5.74) is 1.30. The van der Waals surface area contributed by atoms with Crippen LogP contribution in [0.4, 0.5) is 5.69 Å². The number of anilines is 1. The molecule has 1 aliphatic rings. The highest BCUT2D eigenvalue weighted by Gasteiger charge is 2.51. The molecule has 25 heavy (non-hydrogen) atoms. The van der Waals surface area contributed by atoms with Crippen LogP contribution in [0.3, 0.4) is 0 Å². The van der Waals surface area contributed by atoms with Crippen molar-refractivity contribution in [3.63, 3.8) is 0 Å². The maximum absolute atomic E-state index is 12.8. The summed E-state index contributed by atoms with van der Waals surface area (Å²) in [6, 6.07) is 17.0. The van der Waals surface area contributed by atoms with Gasteiger partial charge in [-0.1, -0.05) is 36.4 Å². The Bertz CT molecular complexity index is 768. The minimum Gasteiger partial charge on any atom is -0.484 e. The van der Waals surface area contributed by atoms with Crippen molar-refractivity contribution in [1.82, 2.24) is 4.90 Å². The van der Waals surface area contributed by atoms with Gasteiger partial charge in [0.1, 0.15) is 5.75 Å². The van der Waals surface area contributed by atoms with E-state index in [-0.39, 0.29) is 18.4 Å². The minimum absolute atomic E-state index is 0.000202. The van der Waals surface area contributed by atoms with E-state index in [2.05, 4.69) is 5.32 Å². The lowest BCUT2D eigenvalue weighted by Crippen LogP contribution is -2.28. The van der Waals surface area contributed by atoms with E-state index < -0.39 is 5.41 Å². The maximum atomic E-state index is 12.8. The Kier molecular flexibility index (Phi) is 4.74. The fraction of sp³-hybridized carbons (Fsp3) is 0.300. The van der Waals surface area contributed by atoms with Crippen LogP contribution in [0.1, 0.15) is 18.4 Å². The van der Waals surface area contributed by atoms with Gasteiger partial charge in [-0.25, -0.2) is 0 Å². The fourth-order valence-corrected chi connectivity index (χ4v) is 2.72. The molecule has 1 saturated carbocycles. The molecule has 0 saturated heterocycles. The molecule has 5 heteroatoms. The van der Waals surface area contributed by atoms with Gasteiger partial charge in [0.15, 0.2) is 6.61 Å². The van der Waals surface area contributed by atoms with E-state index in [1.54, 1.807) is 32.3 Å². The Morgan fingerprint density at radius 3 is 2.44 bits per heavy atom. The number of nitrogens with zero attached hydrogens (tertiary/aromatic N) is 1. The Labute approximate surface area is 147 Å². The second-order valence-corrected chi connectivity index (χ2v) is 6.51. The lowest BCUT2D eigenvalue weighted by Gasteiger charge is -2.16. The first-order valence-electron chi connectivity index (χ1n) is 8.31. The van der Waals surface area contributed by atoms with Crippen LogP contribution in [0.15, 0.2) is 54.6 Å². The monoisotopic (exact) mass is 338 g/mol. The number of carbonyl (C=O) groups excluding carboxylic acids is 2. The lowest BCUT2D eigenvalue weighted by molar-refractivity contribution is -0.130. The highest BCUT2D eigenvalue weighted by molar-refractivity contribution is 6.01. The van der Waals surface area contributed by atoms with Crippen molar-refractivity contribution in [3.8, 4) is 5.75 Å². The number of amides is 2. The summed E-state index contributed by atoms with van der Waals surface area (Å²) in [6.45, 7) is -0.0294. The first-order valence-corrected chi connectivity index (χ1v) is 8.31. The molecule has 0 aliphatic heterocycles. The second-order valence-electron chi connectivity index (χ2n) is 6.51. The zero-order valence-corrected chi connectivity index (χ0v) is 14.5. The first kappa shape index (κ1) is 17.0. The molecule has 0 bridgehead atoms. The average molecular weight is 338 g/mol. The van der Waals surface area contributed by atoms with Crippen LogP contribution in [0.25, 0.3) is 0 Å². The highest BCUT2D eigenvalue weighted by atomic mass is 16.5. The molecule has 0 atom stereocenters. The molecule has 0 radical (unpaired) electrons. The summed E-state index contributed by atoms with van der Waals surface area (Å²) in [6.07, 6.45) is 1.72. The normalized spacial score (nSPS) is 14.5. The van der Waals surface area contributed by atoms with Gasteiger partial charge in [0.2, 0.25) is 5.91 Å². The zero-order chi connectivity index (χ0) is 17.9. The largest absolute Gasteiger partial charge is 0.484 e. The lowest BCUT2D eigenvalue weighted by atomic mass is 9.95. The van der Waals surface area contributed by atoms with Gasteiger partial charge in [-0.3, -0.25) is 9.59 Å². The quantitative estimate of drug-likeness (QED) is 0.881. The van der Waals surface area contributed by atoms with Crippen LogP contribution in [0.2, 0.25) is 0 Å². The molecule has 0 aromatic heterocycles. The van der Waals surface area contributed by atoms with Crippen LogP contribution >= 0.6 is 0 Å². The molecule has 0 unspecified atom stereocenters. The van der Waals surface area contributed by atoms with Gasteiger partial charge in [-0.15, -0.1) is 0 Å². The SMILES string of the molecule is CN(C)C(=O)COc1cccc(NC(=O)C2(c3ccccc3)CC2)c1. The van der Waals surface area contributed by atoms with Crippen molar-refractivity contribution < 1.29 is 14.3 Å². The number of ether oxygens (including phenoxy) is 1. The molecular formula is C20H22N2O3. The number of benzene rings is 2. The van der Waals surface area contributed by atoms with Crippen molar-refractivity contribution >= 4 is 17.5 Å². The third-order valence-electron chi connectivity index (χ3n) is 4.46. The fourth-order valence-electron chi connectivity index (χ4n) is 2.72. The predicted molar refractivity (Wildman–Crippen MR) is 96.6 cm³/mol. The van der Waals surface area contributed by atoms with Gasteiger partial charge >= 0.3 is 0 Å². The van der Waals surface area contributed by atoms with Crippen molar-refractivity contribution in [3.05, 3.63) is 60.2 Å². The van der Waals surface area contributed by atoms with E-state index >= 15 is 0 Å². The third-order valence-corrected chi connectivity index (χ3v) is 4.46. The summed E-state index contributed by atoms with van der Waals surface area (Å²) in [5, 5.41) is 2.98. The number of rotatable bonds is 6. The van der Waals surface area contributed by atoms with Gasteiger partial charge < -0.3 is 15.0 Å². The van der Waals surface area contributed by atoms with Crippen LogP contribution in [0.5, 0.6) is 5.75 Å². The molecule has 130 valence electrons. The molecule has 1 aliphatic carbocycles. The van der Waals surface area contributed by atoms with E-state index in [1.807, 2.05) is 36.4 Å². The third kappa shape index (κ3) is 3.82. The first-order chi connectivity index (χ1) is 12.0. The van der Waals surface area contributed by atoms with Crippen LogP contribution in [-0.2, 0) is 15.0 Å². The number of carbonyl (C=O) groups is 2. The molecule has 3 rings (SSSR count). The van der Waals surface area contributed by atoms with E-state index in [0.717, 1.165) is 18.4 Å². The van der Waals surface area contributed by atoms with E-state index in [1.165, 1.54) is 4.90 Å². The molecule has 0 heterocycles. The Morgan fingerprint density at radius 2 is 1.80 bits per heavy atom. The summed E-state index contributed by atoms with van der Waals surface area (Å²) in [4.78, 5) is 25.8. The molecule has 5 nitrogen and oxygen atoms in total. The predicted octanol–water partition coefficient (Wildman–Crippen LogP) is 2.82. The molecule has 0 spiro atoms. The summed E-state index contributed by atoms with van der Waals surface area (Å²) < 4.78 is 5.49. The van der Waals surface area contributed by atoms with Gasteiger partial charge in [0.25, 0.3) is 5.91 Å². The summed E-state index contributed by atoms with van der Waals surface area (Å²) in [7, 11) is 3.36. The van der Waals surface area contributed by atoms with Crippen molar-refractivity contribution in [2.45, 2.75) is 18.3 Å². The van der Waals surface area contributed by atoms with Crippen molar-refractivity contribution in [2.24, 2.45) is 0 Å². The Morgan fingerprint density at radius 1 is 1.08 bits per heavy atom. The maximum Gasteiger partial charge on any atom is 0.259 e. The second kappa shape index (κ2) is 6.97. The van der Waals surface area contributed by atoms with E-state index in [9.17, 15) is 9.59 Å². The highest BCUT2D eigenvalue weighted by Crippen LogP contribution is 2.48. The standard InChI is InChI=1S/C20H22N2O3/c1-22(2)18(23)14-25-17-10-6-9-16(13-17)21-19(24)20(11-12-20)15-7-4-3-5-8-15/h3-10,13H,11-12,14H2,1-2H3,(H,21,24). The van der Waals surface area contributed by atoms with E-state index in [4.69, 9.17) is 4.74 Å². The zero-order valence-electron chi connectivity index (χ0n) is 14.5. The molecule has 2 amide bonds. The Balaban J connectivity index is 1.66. The van der Waals surface area contributed by atoms with Gasteiger partial charge in [-0.05, 0) is 30.5 Å². The van der Waals surface area contributed by atoms with Gasteiger partial charge in [0.05, 0.1) is 5.41 Å². The molecule has 2 aromatic carbocycles. The van der Waals surface area contributed by atoms with Crippen LogP contribution < -0.4 is 10.1 Å². The van der Waals surface area contributed by atoms with Crippen LogP contribution in [-0.4, -0.2) is 37.4 Å². The van der Waals surface area contributed by atoms with Crippen LogP contribution in [0, 0.1) is 0 Å². The summed E-state index contributed by atoms with van der Waals surface area (Å²) >= 11 is 0. The minimum atomic E-state index is -0.418. The average Bonchev–Trinajstić information content (AvgIpc) is 3.42. The number of nitrogens with one attached hydrogen (secondary N) is 1. The van der Waals surface area contributed by atoms with Gasteiger partial charge in [0, 0.05) is 25.8 Å². The van der Waals surface area contributed by atoms with Crippen molar-refractivity contribution in [2.75, 3.05) is 26.0 Å². The molecule has 1 N–H and O–H groups in total. The number of hydrogen-bond acceptors (Lipinski definition) is 3. The van der Waals surface area contributed by atoms with E-state index in [0.29, 0.717) is 11.4 Å². The topological polar surface area (TPSA) is 58.6 Å². The molecular weight excluding hydrogens is 316 g/mol.